The van der Waals surface area contributed by atoms with E-state index >= 15 is 0 Å². The Hall–Kier alpha value is -3.24. The first-order valence-corrected chi connectivity index (χ1v) is 5.75. The van der Waals surface area contributed by atoms with Crippen LogP contribution in [0.5, 0.6) is 5.75 Å². The predicted molar refractivity (Wildman–Crippen MR) is 66.9 cm³/mol. The van der Waals surface area contributed by atoms with Gasteiger partial charge in [0.1, 0.15) is 18.5 Å². The van der Waals surface area contributed by atoms with Crippen molar-refractivity contribution in [2.24, 2.45) is 0 Å². The summed E-state index contributed by atoms with van der Waals surface area (Å²) in [6.07, 6.45) is -1.73. The Kier molecular flexibility index (Phi) is 6.22. The predicted octanol–water partition coefficient (Wildman–Crippen LogP) is 0.580. The summed E-state index contributed by atoms with van der Waals surface area (Å²) in [6.45, 7) is -0.821. The van der Waals surface area contributed by atoms with E-state index in [9.17, 15) is 29.8 Å². The van der Waals surface area contributed by atoms with Gasteiger partial charge >= 0.3 is 5.97 Å². The van der Waals surface area contributed by atoms with Gasteiger partial charge in [0.2, 0.25) is 0 Å². The highest BCUT2D eigenvalue weighted by atomic mass is 17.0. The summed E-state index contributed by atoms with van der Waals surface area (Å²) in [5.74, 6) is -1.02. The van der Waals surface area contributed by atoms with Gasteiger partial charge in [0.05, 0.1) is 12.0 Å². The molecule has 22 heavy (non-hydrogen) atoms. The van der Waals surface area contributed by atoms with Crippen LogP contribution in [0.25, 0.3) is 0 Å². The molecule has 0 aliphatic heterocycles. The normalized spacial score (nSPS) is 11.1. The van der Waals surface area contributed by atoms with E-state index in [2.05, 4.69) is 9.68 Å². The fourth-order valence-electron chi connectivity index (χ4n) is 1.41. The minimum absolute atomic E-state index is 0.0439. The monoisotopic (exact) mass is 314 g/mol. The van der Waals surface area contributed by atoms with Gasteiger partial charge < -0.3 is 14.4 Å². The third kappa shape index (κ3) is 5.81. The molecule has 1 aromatic carbocycles. The van der Waals surface area contributed by atoms with Gasteiger partial charge in [-0.25, -0.2) is 0 Å². The summed E-state index contributed by atoms with van der Waals surface area (Å²) >= 11 is 0. The molecule has 0 spiro atoms. The van der Waals surface area contributed by atoms with Crippen LogP contribution in [-0.2, 0) is 14.5 Å². The van der Waals surface area contributed by atoms with Crippen molar-refractivity contribution < 1.29 is 34.2 Å². The van der Waals surface area contributed by atoms with Crippen LogP contribution in [0, 0.1) is 20.2 Å². The number of rotatable bonds is 9. The largest absolute Gasteiger partial charge is 0.426 e. The van der Waals surface area contributed by atoms with E-state index < -0.39 is 35.3 Å². The lowest BCUT2D eigenvalue weighted by atomic mass is 10.2. The smallest absolute Gasteiger partial charge is 0.313 e. The molecule has 0 aromatic heterocycles. The van der Waals surface area contributed by atoms with Crippen molar-refractivity contribution in [2.75, 3.05) is 6.61 Å². The summed E-state index contributed by atoms with van der Waals surface area (Å²) < 4.78 is 4.86. The average Bonchev–Trinajstić information content (AvgIpc) is 2.44. The minimum Gasteiger partial charge on any atom is -0.426 e. The van der Waals surface area contributed by atoms with Gasteiger partial charge in [-0.15, -0.1) is 20.2 Å². The maximum atomic E-state index is 11.7. The van der Waals surface area contributed by atoms with Gasteiger partial charge in [-0.05, 0) is 12.1 Å². The molecule has 118 valence electrons. The number of nitrogens with zero attached hydrogens (tertiary/aromatic N) is 2. The standard InChI is InChI=1S/C11H10N2O9/c14-6-8-3-1-2-4-10(8)21-11(15)5-9(22-13(18)19)7-20-12(16)17/h1-4,6,9H,5,7H2. The summed E-state index contributed by atoms with van der Waals surface area (Å²) in [5.41, 5.74) is 0.101. The van der Waals surface area contributed by atoms with Crippen LogP contribution in [-0.4, -0.2) is 35.1 Å². The summed E-state index contributed by atoms with van der Waals surface area (Å²) in [6, 6.07) is 5.80. The SMILES string of the molecule is O=Cc1ccccc1OC(=O)CC(CO[N+](=O)[O-])O[N+](=O)[O-]. The summed E-state index contributed by atoms with van der Waals surface area (Å²) in [4.78, 5) is 50.7. The van der Waals surface area contributed by atoms with Gasteiger partial charge in [0.15, 0.2) is 6.29 Å². The molecule has 0 heterocycles. The zero-order valence-electron chi connectivity index (χ0n) is 10.9. The molecule has 1 aromatic rings. The maximum absolute atomic E-state index is 11.7. The lowest BCUT2D eigenvalue weighted by molar-refractivity contribution is -0.789. The van der Waals surface area contributed by atoms with Gasteiger partial charge in [0, 0.05) is 0 Å². The number of carbonyl (C=O) groups is 2. The van der Waals surface area contributed by atoms with Crippen LogP contribution in [0.1, 0.15) is 16.8 Å². The average molecular weight is 314 g/mol. The van der Waals surface area contributed by atoms with E-state index in [-0.39, 0.29) is 11.3 Å². The lowest BCUT2D eigenvalue weighted by Gasteiger charge is -2.13. The highest BCUT2D eigenvalue weighted by Gasteiger charge is 2.21. The first-order valence-electron chi connectivity index (χ1n) is 5.75. The van der Waals surface area contributed by atoms with Crippen molar-refractivity contribution in [1.82, 2.24) is 0 Å². The molecule has 0 saturated carbocycles. The number of ether oxygens (including phenoxy) is 1. The minimum atomic E-state index is -1.52. The number of carbonyl (C=O) groups excluding carboxylic acids is 2. The second-order valence-electron chi connectivity index (χ2n) is 3.80. The van der Waals surface area contributed by atoms with Gasteiger partial charge in [-0.2, -0.15) is 0 Å². The Labute approximate surface area is 122 Å². The molecule has 0 N–H and O–H groups in total. The fourth-order valence-corrected chi connectivity index (χ4v) is 1.41. The molecular weight excluding hydrogens is 304 g/mol. The van der Waals surface area contributed by atoms with Crippen molar-refractivity contribution in [3.05, 3.63) is 50.1 Å². The molecule has 1 atom stereocenters. The zero-order chi connectivity index (χ0) is 16.5. The zero-order valence-corrected chi connectivity index (χ0v) is 10.9. The van der Waals surface area contributed by atoms with E-state index in [0.29, 0.717) is 6.29 Å². The van der Waals surface area contributed by atoms with Crippen molar-refractivity contribution >= 4 is 12.3 Å². The molecule has 1 unspecified atom stereocenters. The van der Waals surface area contributed by atoms with Gasteiger partial charge in [0.25, 0.3) is 10.2 Å². The van der Waals surface area contributed by atoms with Crippen LogP contribution < -0.4 is 4.74 Å². The first-order chi connectivity index (χ1) is 10.4. The van der Waals surface area contributed by atoms with Crippen LogP contribution in [0.3, 0.4) is 0 Å². The molecule has 0 fully saturated rings. The topological polar surface area (TPSA) is 148 Å². The molecule has 0 bridgehead atoms. The molecule has 1 rings (SSSR count). The van der Waals surface area contributed by atoms with Crippen molar-refractivity contribution in [3.8, 4) is 5.75 Å². The van der Waals surface area contributed by atoms with Crippen molar-refractivity contribution in [2.45, 2.75) is 12.5 Å². The Morgan fingerprint density at radius 2 is 1.91 bits per heavy atom. The van der Waals surface area contributed by atoms with Crippen molar-refractivity contribution in [3.63, 3.8) is 0 Å². The third-order valence-corrected chi connectivity index (χ3v) is 2.27. The number of esters is 1. The fraction of sp³-hybridized carbons (Fsp3) is 0.273. The Bertz CT molecular complexity index is 574. The quantitative estimate of drug-likeness (QED) is 0.210. The van der Waals surface area contributed by atoms with E-state index in [1.54, 1.807) is 6.07 Å². The highest BCUT2D eigenvalue weighted by molar-refractivity contribution is 5.82. The molecule has 0 radical (unpaired) electrons. The highest BCUT2D eigenvalue weighted by Crippen LogP contribution is 2.17. The van der Waals surface area contributed by atoms with Crippen LogP contribution in [0.2, 0.25) is 0 Å². The second-order valence-corrected chi connectivity index (χ2v) is 3.80. The molecule has 0 aliphatic rings. The summed E-state index contributed by atoms with van der Waals surface area (Å²) in [7, 11) is 0. The van der Waals surface area contributed by atoms with Crippen LogP contribution >= 0.6 is 0 Å². The third-order valence-electron chi connectivity index (χ3n) is 2.27. The number of para-hydroxylation sites is 1. The van der Waals surface area contributed by atoms with Crippen LogP contribution in [0.4, 0.5) is 0 Å². The first kappa shape index (κ1) is 16.8. The number of hydrogen-bond donors (Lipinski definition) is 0. The number of aldehydes is 1. The van der Waals surface area contributed by atoms with Crippen LogP contribution in [0.15, 0.2) is 24.3 Å². The molecule has 11 nitrogen and oxygen atoms in total. The van der Waals surface area contributed by atoms with E-state index in [1.165, 1.54) is 18.2 Å². The Morgan fingerprint density at radius 1 is 1.23 bits per heavy atom. The molecule has 11 heteroatoms. The van der Waals surface area contributed by atoms with Crippen molar-refractivity contribution in [1.29, 1.82) is 0 Å². The Balaban J connectivity index is 2.67. The van der Waals surface area contributed by atoms with Gasteiger partial charge in [-0.3, -0.25) is 9.59 Å². The van der Waals surface area contributed by atoms with Gasteiger partial charge in [-0.1, -0.05) is 12.1 Å². The van der Waals surface area contributed by atoms with E-state index in [4.69, 9.17) is 4.74 Å². The molecular formula is C11H10N2O9. The Morgan fingerprint density at radius 3 is 2.50 bits per heavy atom. The lowest BCUT2D eigenvalue weighted by Crippen LogP contribution is -2.29. The second kappa shape index (κ2) is 8.14. The van der Waals surface area contributed by atoms with E-state index in [1.807, 2.05) is 0 Å². The maximum Gasteiger partial charge on any atom is 0.313 e. The number of benzene rings is 1. The van der Waals surface area contributed by atoms with E-state index in [0.717, 1.165) is 0 Å². The molecule has 0 saturated heterocycles. The number of hydrogen-bond acceptors (Lipinski definition) is 9. The summed E-state index contributed by atoms with van der Waals surface area (Å²) in [5, 5.41) is 17.9. The molecule has 0 aliphatic carbocycles. The molecule has 0 amide bonds.